The molecule has 1 N–H and O–H groups in total. The summed E-state index contributed by atoms with van der Waals surface area (Å²) in [6.07, 6.45) is 0. The minimum atomic E-state index is -0.211. The van der Waals surface area contributed by atoms with Gasteiger partial charge in [0.1, 0.15) is 0 Å². The molecule has 0 saturated carbocycles. The SMILES string of the molecule is Cc1cc(C(C)c2ccc(=O)n(Cc3ccc(C#N)cc3)n2)[nH]c1C(=O)c1ccc(Cl)cc1. The first-order chi connectivity index (χ1) is 15.9. The normalized spacial score (nSPS) is 11.7. The fourth-order valence-corrected chi connectivity index (χ4v) is 3.75. The van der Waals surface area contributed by atoms with E-state index in [-0.39, 0.29) is 17.3 Å². The lowest BCUT2D eigenvalue weighted by molar-refractivity contribution is 0.103. The highest BCUT2D eigenvalue weighted by Crippen LogP contribution is 2.25. The molecule has 0 spiro atoms. The summed E-state index contributed by atoms with van der Waals surface area (Å²) in [5.74, 6) is -0.273. The first-order valence-electron chi connectivity index (χ1n) is 10.4. The number of carbonyl (C=O) groups is 1. The van der Waals surface area contributed by atoms with E-state index < -0.39 is 0 Å². The van der Waals surface area contributed by atoms with Crippen LogP contribution < -0.4 is 5.56 Å². The van der Waals surface area contributed by atoms with Crippen molar-refractivity contribution in [3.8, 4) is 6.07 Å². The minimum absolute atomic E-state index is 0.110. The van der Waals surface area contributed by atoms with E-state index in [0.717, 1.165) is 16.8 Å². The van der Waals surface area contributed by atoms with Gasteiger partial charge in [-0.25, -0.2) is 4.68 Å². The first kappa shape index (κ1) is 22.3. The number of hydrogen-bond donors (Lipinski definition) is 1. The molecule has 1 unspecified atom stereocenters. The van der Waals surface area contributed by atoms with E-state index in [4.69, 9.17) is 16.9 Å². The summed E-state index contributed by atoms with van der Waals surface area (Å²) >= 11 is 5.93. The van der Waals surface area contributed by atoms with E-state index in [0.29, 0.717) is 34.1 Å². The van der Waals surface area contributed by atoms with Gasteiger partial charge in [0.2, 0.25) is 5.78 Å². The Morgan fingerprint density at radius 2 is 1.82 bits per heavy atom. The maximum Gasteiger partial charge on any atom is 0.267 e. The Bertz CT molecular complexity index is 1410. The van der Waals surface area contributed by atoms with Gasteiger partial charge in [0, 0.05) is 28.3 Å². The number of aromatic nitrogens is 3. The topological polar surface area (TPSA) is 91.5 Å². The van der Waals surface area contributed by atoms with Crippen molar-refractivity contribution in [3.05, 3.63) is 121 Å². The second-order valence-electron chi connectivity index (χ2n) is 7.90. The fourth-order valence-electron chi connectivity index (χ4n) is 3.62. The van der Waals surface area contributed by atoms with E-state index in [2.05, 4.69) is 16.2 Å². The molecule has 2 aromatic carbocycles. The van der Waals surface area contributed by atoms with Crippen LogP contribution in [0.1, 0.15) is 57.0 Å². The van der Waals surface area contributed by atoms with Gasteiger partial charge >= 0.3 is 0 Å². The Labute approximate surface area is 196 Å². The maximum absolute atomic E-state index is 12.9. The number of aryl methyl sites for hydroxylation is 1. The summed E-state index contributed by atoms with van der Waals surface area (Å²) in [6.45, 7) is 4.16. The quantitative estimate of drug-likeness (QED) is 0.420. The Morgan fingerprint density at radius 1 is 1.12 bits per heavy atom. The Balaban J connectivity index is 1.60. The number of aromatic amines is 1. The molecule has 0 aliphatic heterocycles. The largest absolute Gasteiger partial charge is 0.355 e. The molecule has 0 bridgehead atoms. The van der Waals surface area contributed by atoms with Crippen LogP contribution >= 0.6 is 11.6 Å². The number of nitrogens with zero attached hydrogens (tertiary/aromatic N) is 3. The molecule has 0 amide bonds. The molecular weight excluding hydrogens is 436 g/mol. The Morgan fingerprint density at radius 3 is 2.48 bits per heavy atom. The van der Waals surface area contributed by atoms with Gasteiger partial charge in [-0.15, -0.1) is 0 Å². The van der Waals surface area contributed by atoms with Crippen molar-refractivity contribution in [2.45, 2.75) is 26.3 Å². The van der Waals surface area contributed by atoms with E-state index in [1.165, 1.54) is 10.7 Å². The lowest BCUT2D eigenvalue weighted by atomic mass is 10.0. The fraction of sp³-hybridized carbons (Fsp3) is 0.154. The van der Waals surface area contributed by atoms with E-state index in [1.54, 1.807) is 42.5 Å². The zero-order valence-corrected chi connectivity index (χ0v) is 18.9. The van der Waals surface area contributed by atoms with E-state index in [1.807, 2.05) is 32.0 Å². The Hall–Kier alpha value is -3.95. The second kappa shape index (κ2) is 9.27. The molecule has 0 radical (unpaired) electrons. The third-order valence-electron chi connectivity index (χ3n) is 5.58. The van der Waals surface area contributed by atoms with Crippen molar-refractivity contribution in [2.24, 2.45) is 0 Å². The van der Waals surface area contributed by atoms with E-state index >= 15 is 0 Å². The van der Waals surface area contributed by atoms with Gasteiger partial charge < -0.3 is 4.98 Å². The monoisotopic (exact) mass is 456 g/mol. The molecule has 164 valence electrons. The number of hydrogen-bond acceptors (Lipinski definition) is 4. The van der Waals surface area contributed by atoms with Crippen LogP contribution in [0.4, 0.5) is 0 Å². The number of carbonyl (C=O) groups excluding carboxylic acids is 1. The highest BCUT2D eigenvalue weighted by Gasteiger charge is 2.19. The standard InChI is InChI=1S/C26H21ClN4O2/c1-16-13-23(29-25(16)26(33)20-7-9-21(27)10-8-20)17(2)22-11-12-24(32)31(30-22)15-19-5-3-18(14-28)4-6-19/h3-13,17,29H,15H2,1-2H3. The van der Waals surface area contributed by atoms with Crippen LogP contribution in [0.5, 0.6) is 0 Å². The molecule has 0 aliphatic rings. The molecule has 6 nitrogen and oxygen atoms in total. The summed E-state index contributed by atoms with van der Waals surface area (Å²) in [5, 5.41) is 14.1. The zero-order chi connectivity index (χ0) is 23.5. The van der Waals surface area contributed by atoms with Crippen LogP contribution in [-0.2, 0) is 6.54 Å². The minimum Gasteiger partial charge on any atom is -0.355 e. The number of nitrogens with one attached hydrogen (secondary N) is 1. The molecule has 4 rings (SSSR count). The van der Waals surface area contributed by atoms with Crippen LogP contribution in [0.25, 0.3) is 0 Å². The van der Waals surface area contributed by atoms with Crippen LogP contribution in [0.15, 0.2) is 71.5 Å². The summed E-state index contributed by atoms with van der Waals surface area (Å²) in [4.78, 5) is 28.6. The van der Waals surface area contributed by atoms with Gasteiger partial charge in [-0.05, 0) is 66.6 Å². The van der Waals surface area contributed by atoms with Crippen LogP contribution in [0, 0.1) is 18.3 Å². The molecule has 2 aromatic heterocycles. The third kappa shape index (κ3) is 4.79. The van der Waals surface area contributed by atoms with Crippen molar-refractivity contribution in [2.75, 3.05) is 0 Å². The number of benzene rings is 2. The van der Waals surface area contributed by atoms with Gasteiger partial charge in [0.25, 0.3) is 5.56 Å². The average molecular weight is 457 g/mol. The van der Waals surface area contributed by atoms with Crippen LogP contribution in [-0.4, -0.2) is 20.5 Å². The average Bonchev–Trinajstić information content (AvgIpc) is 3.22. The predicted octanol–water partition coefficient (Wildman–Crippen LogP) is 4.84. The van der Waals surface area contributed by atoms with Crippen LogP contribution in [0.2, 0.25) is 5.02 Å². The number of halogens is 1. The predicted molar refractivity (Wildman–Crippen MR) is 127 cm³/mol. The van der Waals surface area contributed by atoms with Crippen molar-refractivity contribution < 1.29 is 4.79 Å². The molecule has 7 heteroatoms. The van der Waals surface area contributed by atoms with Gasteiger partial charge in [0.05, 0.1) is 29.6 Å². The lowest BCUT2D eigenvalue weighted by Crippen LogP contribution is -2.24. The smallest absolute Gasteiger partial charge is 0.267 e. The molecule has 33 heavy (non-hydrogen) atoms. The van der Waals surface area contributed by atoms with Crippen molar-refractivity contribution in [3.63, 3.8) is 0 Å². The highest BCUT2D eigenvalue weighted by molar-refractivity contribution is 6.30. The molecule has 0 saturated heterocycles. The van der Waals surface area contributed by atoms with Crippen molar-refractivity contribution >= 4 is 17.4 Å². The number of rotatable bonds is 6. The Kier molecular flexibility index (Phi) is 6.25. The van der Waals surface area contributed by atoms with Crippen LogP contribution in [0.3, 0.4) is 0 Å². The molecule has 2 heterocycles. The summed E-state index contributed by atoms with van der Waals surface area (Å²) in [6, 6.07) is 21.1. The number of ketones is 1. The molecule has 4 aromatic rings. The van der Waals surface area contributed by atoms with Crippen molar-refractivity contribution in [1.29, 1.82) is 5.26 Å². The van der Waals surface area contributed by atoms with Gasteiger partial charge in [-0.1, -0.05) is 30.7 Å². The molecular formula is C26H21ClN4O2. The van der Waals surface area contributed by atoms with Gasteiger partial charge in [0.15, 0.2) is 0 Å². The zero-order valence-electron chi connectivity index (χ0n) is 18.2. The third-order valence-corrected chi connectivity index (χ3v) is 5.83. The molecule has 0 fully saturated rings. The number of H-pyrrole nitrogens is 1. The highest BCUT2D eigenvalue weighted by atomic mass is 35.5. The maximum atomic E-state index is 12.9. The van der Waals surface area contributed by atoms with Crippen molar-refractivity contribution in [1.82, 2.24) is 14.8 Å². The second-order valence-corrected chi connectivity index (χ2v) is 8.34. The number of nitriles is 1. The first-order valence-corrected chi connectivity index (χ1v) is 10.8. The van der Waals surface area contributed by atoms with E-state index in [9.17, 15) is 9.59 Å². The van der Waals surface area contributed by atoms with Gasteiger partial charge in [-0.3, -0.25) is 9.59 Å². The summed E-state index contributed by atoms with van der Waals surface area (Å²) < 4.78 is 1.41. The lowest BCUT2D eigenvalue weighted by Gasteiger charge is -2.12. The molecule has 1 atom stereocenters. The van der Waals surface area contributed by atoms with Gasteiger partial charge in [-0.2, -0.15) is 10.4 Å². The summed E-state index contributed by atoms with van der Waals surface area (Å²) in [7, 11) is 0. The summed E-state index contributed by atoms with van der Waals surface area (Å²) in [5.41, 5.74) is 4.67. The molecule has 0 aliphatic carbocycles.